The number of aliphatic hydroxyl groups is 1. The van der Waals surface area contributed by atoms with Crippen LogP contribution in [0, 0.1) is 0 Å². The summed E-state index contributed by atoms with van der Waals surface area (Å²) in [7, 11) is 3.56. The molecule has 94 valence electrons. The summed E-state index contributed by atoms with van der Waals surface area (Å²) in [5, 5.41) is 21.7. The Kier molecular flexibility index (Phi) is 4.22. The molecule has 7 nitrogen and oxygen atoms in total. The molecule has 17 heavy (non-hydrogen) atoms. The number of aliphatic hydroxyl groups excluding tert-OH is 1. The van der Waals surface area contributed by atoms with Crippen LogP contribution in [0.1, 0.15) is 6.42 Å². The second kappa shape index (κ2) is 5.44. The van der Waals surface area contributed by atoms with Gasteiger partial charge in [0, 0.05) is 20.2 Å². The Morgan fingerprint density at radius 2 is 2.24 bits per heavy atom. The molecule has 1 heterocycles. The monoisotopic (exact) mass is 241 g/mol. The minimum atomic E-state index is -1.12. The zero-order chi connectivity index (χ0) is 13.0. The molecule has 1 aromatic rings. The fourth-order valence-electron chi connectivity index (χ4n) is 1.27. The number of aromatic nitrogens is 2. The van der Waals surface area contributed by atoms with E-state index < -0.39 is 18.5 Å². The molecule has 1 unspecified atom stereocenters. The Morgan fingerprint density at radius 3 is 2.71 bits per heavy atom. The minimum Gasteiger partial charge on any atom is -0.481 e. The highest BCUT2D eigenvalue weighted by molar-refractivity contribution is 5.67. The normalized spacial score (nSPS) is 12.2. The number of hydrogen-bond acceptors (Lipinski definition) is 5. The van der Waals surface area contributed by atoms with Gasteiger partial charge in [-0.05, 0) is 0 Å². The van der Waals surface area contributed by atoms with Gasteiger partial charge < -0.3 is 15.1 Å². The molecule has 1 atom stereocenters. The van der Waals surface area contributed by atoms with Crippen LogP contribution in [0.25, 0.3) is 0 Å². The lowest BCUT2D eigenvalue weighted by Crippen LogP contribution is -2.30. The molecule has 0 aliphatic heterocycles. The molecule has 0 saturated heterocycles. The van der Waals surface area contributed by atoms with Crippen LogP contribution in [0.2, 0.25) is 0 Å². The molecule has 2 N–H and O–H groups in total. The lowest BCUT2D eigenvalue weighted by Gasteiger charge is -2.13. The number of carbonyl (C=O) groups is 1. The minimum absolute atomic E-state index is 0.126. The summed E-state index contributed by atoms with van der Waals surface area (Å²) < 4.78 is 1.04. The Hall–Kier alpha value is -1.89. The molecule has 0 bridgehead atoms. The van der Waals surface area contributed by atoms with Crippen LogP contribution >= 0.6 is 0 Å². The van der Waals surface area contributed by atoms with Gasteiger partial charge >= 0.3 is 5.97 Å². The highest BCUT2D eigenvalue weighted by atomic mass is 16.4. The van der Waals surface area contributed by atoms with Crippen LogP contribution in [0.5, 0.6) is 0 Å². The van der Waals surface area contributed by atoms with Crippen molar-refractivity contribution < 1.29 is 15.0 Å². The molecule has 0 aromatic carbocycles. The summed E-state index contributed by atoms with van der Waals surface area (Å²) in [5.74, 6) is -1.12. The maximum absolute atomic E-state index is 11.6. The van der Waals surface area contributed by atoms with Gasteiger partial charge in [0.05, 0.1) is 31.0 Å². The lowest BCUT2D eigenvalue weighted by atomic mass is 10.2. The van der Waals surface area contributed by atoms with Gasteiger partial charge in [-0.15, -0.1) is 0 Å². The van der Waals surface area contributed by atoms with Crippen molar-refractivity contribution in [2.45, 2.75) is 19.1 Å². The average Bonchev–Trinajstić information content (AvgIpc) is 2.19. The first-order valence-corrected chi connectivity index (χ1v) is 5.04. The fourth-order valence-corrected chi connectivity index (χ4v) is 1.27. The van der Waals surface area contributed by atoms with E-state index in [2.05, 4.69) is 5.10 Å². The van der Waals surface area contributed by atoms with Crippen molar-refractivity contribution in [2.75, 3.05) is 19.0 Å². The van der Waals surface area contributed by atoms with Gasteiger partial charge in [0.2, 0.25) is 0 Å². The third kappa shape index (κ3) is 3.87. The van der Waals surface area contributed by atoms with Crippen molar-refractivity contribution in [1.82, 2.24) is 9.78 Å². The molecule has 0 spiro atoms. The van der Waals surface area contributed by atoms with Crippen molar-refractivity contribution >= 4 is 11.7 Å². The van der Waals surface area contributed by atoms with E-state index in [4.69, 9.17) is 5.11 Å². The zero-order valence-corrected chi connectivity index (χ0v) is 9.70. The summed E-state index contributed by atoms with van der Waals surface area (Å²) in [6, 6.07) is 1.38. The molecule has 7 heteroatoms. The van der Waals surface area contributed by atoms with Crippen LogP contribution in [0.3, 0.4) is 0 Å². The third-order valence-corrected chi connectivity index (χ3v) is 2.17. The molecule has 1 rings (SSSR count). The maximum atomic E-state index is 11.6. The summed E-state index contributed by atoms with van der Waals surface area (Å²) in [6.45, 7) is -0.126. The fraction of sp³-hybridized carbons (Fsp3) is 0.500. The highest BCUT2D eigenvalue weighted by Crippen LogP contribution is 2.04. The Morgan fingerprint density at radius 1 is 1.59 bits per heavy atom. The Balaban J connectivity index is 2.79. The first kappa shape index (κ1) is 13.2. The number of carboxylic acids is 1. The van der Waals surface area contributed by atoms with E-state index in [1.54, 1.807) is 19.0 Å². The van der Waals surface area contributed by atoms with E-state index in [1.807, 2.05) is 0 Å². The van der Waals surface area contributed by atoms with Crippen LogP contribution in [-0.2, 0) is 11.3 Å². The summed E-state index contributed by atoms with van der Waals surface area (Å²) >= 11 is 0. The second-order valence-corrected chi connectivity index (χ2v) is 3.88. The van der Waals surface area contributed by atoms with Crippen LogP contribution in [-0.4, -0.2) is 46.2 Å². The molecule has 0 amide bonds. The number of aliphatic carboxylic acids is 1. The molecule has 1 aromatic heterocycles. The van der Waals surface area contributed by atoms with Crippen molar-refractivity contribution in [3.05, 3.63) is 22.6 Å². The molecular weight excluding hydrogens is 226 g/mol. The van der Waals surface area contributed by atoms with Gasteiger partial charge in [-0.2, -0.15) is 5.10 Å². The van der Waals surface area contributed by atoms with E-state index >= 15 is 0 Å². The van der Waals surface area contributed by atoms with Crippen LogP contribution in [0.15, 0.2) is 17.1 Å². The predicted molar refractivity (Wildman–Crippen MR) is 61.1 cm³/mol. The molecule has 0 fully saturated rings. The summed E-state index contributed by atoms with van der Waals surface area (Å²) in [5.41, 5.74) is 0.277. The summed E-state index contributed by atoms with van der Waals surface area (Å²) in [4.78, 5) is 23.7. The third-order valence-electron chi connectivity index (χ3n) is 2.17. The largest absolute Gasteiger partial charge is 0.481 e. The summed E-state index contributed by atoms with van der Waals surface area (Å²) in [6.07, 6.45) is -0.0544. The number of nitrogens with zero attached hydrogens (tertiary/aromatic N) is 3. The number of rotatable bonds is 5. The van der Waals surface area contributed by atoms with Gasteiger partial charge in [0.1, 0.15) is 0 Å². The molecular formula is C10H15N3O4. The topological polar surface area (TPSA) is 95.7 Å². The van der Waals surface area contributed by atoms with E-state index in [9.17, 15) is 14.7 Å². The lowest BCUT2D eigenvalue weighted by molar-refractivity contribution is -0.139. The second-order valence-electron chi connectivity index (χ2n) is 3.88. The maximum Gasteiger partial charge on any atom is 0.306 e. The smallest absolute Gasteiger partial charge is 0.306 e. The van der Waals surface area contributed by atoms with Gasteiger partial charge in [-0.25, -0.2) is 4.68 Å². The first-order chi connectivity index (χ1) is 7.90. The van der Waals surface area contributed by atoms with Gasteiger partial charge in [0.25, 0.3) is 5.56 Å². The number of carboxylic acid groups (broad SMARTS) is 1. The SMILES string of the molecule is CN(C)c1cnn(CC(O)CC(=O)O)c(=O)c1. The number of anilines is 1. The number of hydrogen-bond donors (Lipinski definition) is 2. The first-order valence-electron chi connectivity index (χ1n) is 5.04. The molecule has 0 radical (unpaired) electrons. The van der Waals surface area contributed by atoms with Crippen molar-refractivity contribution in [3.63, 3.8) is 0 Å². The van der Waals surface area contributed by atoms with Gasteiger partial charge in [0.15, 0.2) is 0 Å². The molecule has 0 aliphatic rings. The van der Waals surface area contributed by atoms with E-state index in [1.165, 1.54) is 12.3 Å². The Labute approximate surface area is 97.9 Å². The van der Waals surface area contributed by atoms with Crippen molar-refractivity contribution in [2.24, 2.45) is 0 Å². The molecule has 0 aliphatic carbocycles. The quantitative estimate of drug-likeness (QED) is 0.696. The predicted octanol–water partition coefficient (Wildman–Crippen LogP) is -0.855. The highest BCUT2D eigenvalue weighted by Gasteiger charge is 2.12. The van der Waals surface area contributed by atoms with Crippen LogP contribution < -0.4 is 10.5 Å². The molecule has 0 saturated carbocycles. The van der Waals surface area contributed by atoms with Gasteiger partial charge in [-0.1, -0.05) is 0 Å². The van der Waals surface area contributed by atoms with E-state index in [0.29, 0.717) is 5.69 Å². The standard InChI is InChI=1S/C10H15N3O4/c1-12(2)7-3-9(15)13(11-5-7)6-8(14)4-10(16)17/h3,5,8,14H,4,6H2,1-2H3,(H,16,17). The van der Waals surface area contributed by atoms with Crippen molar-refractivity contribution in [1.29, 1.82) is 0 Å². The van der Waals surface area contributed by atoms with Gasteiger partial charge in [-0.3, -0.25) is 9.59 Å². The zero-order valence-electron chi connectivity index (χ0n) is 9.70. The van der Waals surface area contributed by atoms with Crippen molar-refractivity contribution in [3.8, 4) is 0 Å². The van der Waals surface area contributed by atoms with E-state index in [0.717, 1.165) is 4.68 Å². The Bertz CT molecular complexity index is 455. The van der Waals surface area contributed by atoms with Crippen LogP contribution in [0.4, 0.5) is 5.69 Å². The van der Waals surface area contributed by atoms with E-state index in [-0.39, 0.29) is 12.1 Å². The average molecular weight is 241 g/mol.